The number of aromatic nitrogens is 1. The lowest BCUT2D eigenvalue weighted by molar-refractivity contribution is -0.348. The molecule has 6 nitrogen and oxygen atoms in total. The fraction of sp³-hybridized carbons (Fsp3) is 0.231. The molecule has 0 aliphatic carbocycles. The lowest BCUT2D eigenvalue weighted by Crippen LogP contribution is -2.50. The first-order valence-electron chi connectivity index (χ1n) is 11.8. The average Bonchev–Trinajstić information content (AvgIpc) is 2.92. The van der Waals surface area contributed by atoms with Crippen molar-refractivity contribution in [2.45, 2.75) is 30.6 Å². The summed E-state index contributed by atoms with van der Waals surface area (Å²) in [7, 11) is 0. The van der Waals surface area contributed by atoms with Crippen LogP contribution in [0.2, 0.25) is 0 Å². The molecule has 240 valence electrons. The van der Waals surface area contributed by atoms with E-state index in [-0.39, 0.29) is 11.6 Å². The smallest absolute Gasteiger partial charge is 0.320 e. The van der Waals surface area contributed by atoms with E-state index in [9.17, 15) is 57.9 Å². The van der Waals surface area contributed by atoms with Gasteiger partial charge >= 0.3 is 24.2 Å². The SMILES string of the molecule is N#CCCN(C(=O)c1ccc(F)nc1)c1cccc(C(=O)Nc2c(Br)cc(C(F)(C(F)(F)F)C(F)(F)F)cc2C(F)(F)F)c1F. The quantitative estimate of drug-likeness (QED) is 0.197. The zero-order valence-electron chi connectivity index (χ0n) is 21.6. The van der Waals surface area contributed by atoms with Gasteiger partial charge in [-0.3, -0.25) is 9.59 Å². The molecule has 0 radical (unpaired) electrons. The summed E-state index contributed by atoms with van der Waals surface area (Å²) in [6.45, 7) is -0.511. The van der Waals surface area contributed by atoms with Crippen molar-refractivity contribution >= 4 is 39.1 Å². The molecule has 0 bridgehead atoms. The third-order valence-corrected chi connectivity index (χ3v) is 6.62. The molecule has 19 heteroatoms. The van der Waals surface area contributed by atoms with E-state index in [2.05, 4.69) is 20.9 Å². The number of nitriles is 1. The lowest BCUT2D eigenvalue weighted by Gasteiger charge is -2.31. The van der Waals surface area contributed by atoms with Crippen molar-refractivity contribution < 1.29 is 62.3 Å². The Kier molecular flexibility index (Phi) is 9.82. The van der Waals surface area contributed by atoms with Crippen molar-refractivity contribution in [2.75, 3.05) is 16.8 Å². The standard InChI is InChI=1S/C26H13BrF12N4O2/c27-16-10-13(23(30,25(34,35)36)26(37,38)39)9-15(24(31,32)33)20(16)42-21(44)14-3-1-4-17(19(14)29)43(8-2-7-40)22(45)12-5-6-18(28)41-11-12/h1,3-6,9-11H,2,8H2,(H,42,44). The van der Waals surface area contributed by atoms with Crippen molar-refractivity contribution in [3.05, 3.63) is 87.2 Å². The molecule has 2 aromatic carbocycles. The number of carbonyl (C=O) groups is 2. The molecule has 2 amide bonds. The van der Waals surface area contributed by atoms with Crippen molar-refractivity contribution in [1.82, 2.24) is 4.98 Å². The van der Waals surface area contributed by atoms with E-state index < -0.39 is 99.3 Å². The molecule has 3 aromatic rings. The van der Waals surface area contributed by atoms with Gasteiger partial charge in [0, 0.05) is 22.8 Å². The number of hydrogen-bond acceptors (Lipinski definition) is 4. The van der Waals surface area contributed by atoms with Crippen LogP contribution in [0, 0.1) is 23.1 Å². The molecule has 0 aliphatic heterocycles. The molecular weight excluding hydrogens is 708 g/mol. The maximum Gasteiger partial charge on any atom is 0.435 e. The first-order chi connectivity index (χ1) is 20.6. The molecule has 0 unspecified atom stereocenters. The molecule has 3 rings (SSSR count). The van der Waals surface area contributed by atoms with Gasteiger partial charge in [-0.1, -0.05) is 6.07 Å². The van der Waals surface area contributed by atoms with Crippen LogP contribution in [0.25, 0.3) is 0 Å². The highest BCUT2D eigenvalue weighted by Gasteiger charge is 2.73. The van der Waals surface area contributed by atoms with Crippen molar-refractivity contribution in [3.63, 3.8) is 0 Å². The van der Waals surface area contributed by atoms with Crippen LogP contribution in [0.1, 0.15) is 38.3 Å². The third kappa shape index (κ3) is 7.00. The molecule has 0 atom stereocenters. The highest BCUT2D eigenvalue weighted by molar-refractivity contribution is 9.10. The number of halogens is 13. The number of alkyl halides is 10. The molecule has 0 aliphatic rings. The molecule has 1 N–H and O–H groups in total. The summed E-state index contributed by atoms with van der Waals surface area (Å²) in [5.74, 6) is -5.32. The maximum atomic E-state index is 15.6. The monoisotopic (exact) mass is 720 g/mol. The summed E-state index contributed by atoms with van der Waals surface area (Å²) in [6.07, 6.45) is -18.9. The van der Waals surface area contributed by atoms with Gasteiger partial charge in [0.1, 0.15) is 0 Å². The van der Waals surface area contributed by atoms with E-state index >= 15 is 4.39 Å². The zero-order valence-corrected chi connectivity index (χ0v) is 23.2. The number of pyridine rings is 1. The van der Waals surface area contributed by atoms with Crippen LogP contribution in [0.5, 0.6) is 0 Å². The lowest BCUT2D eigenvalue weighted by atomic mass is 9.92. The Labute approximate surface area is 252 Å². The van der Waals surface area contributed by atoms with Gasteiger partial charge in [-0.25, -0.2) is 13.8 Å². The first kappa shape index (κ1) is 35.1. The van der Waals surface area contributed by atoms with Crippen molar-refractivity contribution in [1.29, 1.82) is 5.26 Å². The van der Waals surface area contributed by atoms with Gasteiger partial charge in [-0.05, 0) is 52.3 Å². The molecule has 1 heterocycles. The van der Waals surface area contributed by atoms with Crippen LogP contribution in [-0.4, -0.2) is 35.7 Å². The van der Waals surface area contributed by atoms with E-state index in [1.54, 1.807) is 6.07 Å². The van der Waals surface area contributed by atoms with E-state index in [0.717, 1.165) is 30.5 Å². The molecular formula is C26H13BrF12N4O2. The summed E-state index contributed by atoms with van der Waals surface area (Å²) in [5.41, 5.74) is -14.7. The van der Waals surface area contributed by atoms with Crippen LogP contribution in [0.4, 0.5) is 64.1 Å². The molecule has 0 fully saturated rings. The number of nitrogens with zero attached hydrogens (tertiary/aromatic N) is 3. The van der Waals surface area contributed by atoms with Crippen LogP contribution in [0.15, 0.2) is 53.1 Å². The van der Waals surface area contributed by atoms with E-state index in [0.29, 0.717) is 11.0 Å². The van der Waals surface area contributed by atoms with Crippen LogP contribution >= 0.6 is 15.9 Å². The Bertz CT molecular complexity index is 1630. The van der Waals surface area contributed by atoms with Crippen molar-refractivity contribution in [2.24, 2.45) is 0 Å². The van der Waals surface area contributed by atoms with Gasteiger partial charge in [-0.2, -0.15) is 49.2 Å². The van der Waals surface area contributed by atoms with Gasteiger partial charge in [0.15, 0.2) is 5.82 Å². The van der Waals surface area contributed by atoms with Crippen molar-refractivity contribution in [3.8, 4) is 6.07 Å². The highest BCUT2D eigenvalue weighted by Crippen LogP contribution is 2.55. The summed E-state index contributed by atoms with van der Waals surface area (Å²) in [5, 5.41) is 10.5. The Balaban J connectivity index is 2.12. The number of amides is 2. The zero-order chi connectivity index (χ0) is 34.1. The van der Waals surface area contributed by atoms with Crippen LogP contribution in [-0.2, 0) is 11.8 Å². The number of benzene rings is 2. The van der Waals surface area contributed by atoms with Crippen LogP contribution < -0.4 is 10.2 Å². The summed E-state index contributed by atoms with van der Waals surface area (Å²) < 4.78 is 163. The van der Waals surface area contributed by atoms with Crippen LogP contribution in [0.3, 0.4) is 0 Å². The van der Waals surface area contributed by atoms with E-state index in [1.807, 2.05) is 0 Å². The predicted octanol–water partition coefficient (Wildman–Crippen LogP) is 8.24. The number of rotatable bonds is 7. The largest absolute Gasteiger partial charge is 0.435 e. The molecule has 1 aromatic heterocycles. The van der Waals surface area contributed by atoms with Gasteiger partial charge in [0.05, 0.1) is 40.6 Å². The van der Waals surface area contributed by atoms with Gasteiger partial charge < -0.3 is 10.2 Å². The Morgan fingerprint density at radius 3 is 2.07 bits per heavy atom. The molecule has 0 saturated carbocycles. The minimum Gasteiger partial charge on any atom is -0.320 e. The molecule has 0 saturated heterocycles. The fourth-order valence-corrected chi connectivity index (χ4v) is 4.44. The van der Waals surface area contributed by atoms with Gasteiger partial charge in [0.2, 0.25) is 5.95 Å². The summed E-state index contributed by atoms with van der Waals surface area (Å²) in [4.78, 5) is 29.9. The Morgan fingerprint density at radius 1 is 0.933 bits per heavy atom. The van der Waals surface area contributed by atoms with E-state index in [1.165, 1.54) is 5.32 Å². The topological polar surface area (TPSA) is 86.1 Å². The normalized spacial score (nSPS) is 12.4. The van der Waals surface area contributed by atoms with Gasteiger partial charge in [-0.15, -0.1) is 0 Å². The average molecular weight is 721 g/mol. The number of nitrogens with one attached hydrogen (secondary N) is 1. The Hall–Kier alpha value is -4.34. The first-order valence-corrected chi connectivity index (χ1v) is 12.6. The summed E-state index contributed by atoms with van der Waals surface area (Å²) >= 11 is 2.33. The summed E-state index contributed by atoms with van der Waals surface area (Å²) in [6, 6.07) is 4.94. The third-order valence-electron chi connectivity index (χ3n) is 5.99. The molecule has 0 spiro atoms. The minimum atomic E-state index is -6.76. The fourth-order valence-electron chi connectivity index (χ4n) is 3.88. The van der Waals surface area contributed by atoms with E-state index in [4.69, 9.17) is 5.26 Å². The maximum absolute atomic E-state index is 15.6. The van der Waals surface area contributed by atoms with Gasteiger partial charge in [0.25, 0.3) is 11.8 Å². The number of hydrogen-bond donors (Lipinski definition) is 1. The highest BCUT2D eigenvalue weighted by atomic mass is 79.9. The second-order valence-corrected chi connectivity index (χ2v) is 9.71. The predicted molar refractivity (Wildman–Crippen MR) is 134 cm³/mol. The number of anilines is 2. The number of carbonyl (C=O) groups excluding carboxylic acids is 2. The second kappa shape index (κ2) is 12.6. The minimum absolute atomic E-state index is 0.280. The Morgan fingerprint density at radius 2 is 1.56 bits per heavy atom. The second-order valence-electron chi connectivity index (χ2n) is 8.86. The molecule has 45 heavy (non-hydrogen) atoms.